The molecular formula is C22H15FN4O. The van der Waals surface area contributed by atoms with E-state index in [4.69, 9.17) is 4.98 Å². The highest BCUT2D eigenvalue weighted by Gasteiger charge is 2.14. The molecule has 0 saturated heterocycles. The third-order valence-electron chi connectivity index (χ3n) is 4.79. The van der Waals surface area contributed by atoms with E-state index in [9.17, 15) is 9.50 Å². The predicted molar refractivity (Wildman–Crippen MR) is 106 cm³/mol. The molecule has 5 nitrogen and oxygen atoms in total. The van der Waals surface area contributed by atoms with Crippen molar-refractivity contribution in [3.8, 4) is 28.1 Å². The van der Waals surface area contributed by atoms with Gasteiger partial charge in [0.25, 0.3) is 0 Å². The second kappa shape index (κ2) is 6.13. The molecule has 0 spiro atoms. The molecule has 0 aliphatic heterocycles. The molecule has 0 fully saturated rings. The van der Waals surface area contributed by atoms with Crippen LogP contribution >= 0.6 is 0 Å². The van der Waals surface area contributed by atoms with Gasteiger partial charge in [0.15, 0.2) is 17.2 Å². The van der Waals surface area contributed by atoms with Crippen molar-refractivity contribution in [3.05, 3.63) is 78.5 Å². The van der Waals surface area contributed by atoms with Crippen LogP contribution in [0, 0.1) is 12.7 Å². The number of pyridine rings is 1. The zero-order valence-corrected chi connectivity index (χ0v) is 15.0. The van der Waals surface area contributed by atoms with Gasteiger partial charge in [0.2, 0.25) is 0 Å². The molecule has 136 valence electrons. The van der Waals surface area contributed by atoms with Crippen LogP contribution < -0.4 is 0 Å². The Hall–Kier alpha value is -3.80. The van der Waals surface area contributed by atoms with Gasteiger partial charge in [-0.05, 0) is 42.8 Å². The van der Waals surface area contributed by atoms with Crippen LogP contribution in [-0.4, -0.2) is 24.7 Å². The number of hydrogen-bond acceptors (Lipinski definition) is 4. The normalized spacial score (nSPS) is 11.4. The maximum Gasteiger partial charge on any atom is 0.165 e. The smallest absolute Gasteiger partial charge is 0.165 e. The Bertz CT molecular complexity index is 1360. The van der Waals surface area contributed by atoms with Gasteiger partial charge in [-0.3, -0.25) is 4.98 Å². The van der Waals surface area contributed by atoms with Gasteiger partial charge in [-0.15, -0.1) is 0 Å². The molecule has 28 heavy (non-hydrogen) atoms. The van der Waals surface area contributed by atoms with E-state index < -0.39 is 5.82 Å². The first-order chi connectivity index (χ1) is 13.6. The van der Waals surface area contributed by atoms with Crippen molar-refractivity contribution in [2.45, 2.75) is 6.92 Å². The minimum absolute atomic E-state index is 0.382. The first-order valence-corrected chi connectivity index (χ1v) is 8.79. The maximum atomic E-state index is 13.8. The fourth-order valence-electron chi connectivity index (χ4n) is 3.35. The molecule has 0 radical (unpaired) electrons. The van der Waals surface area contributed by atoms with Crippen molar-refractivity contribution in [3.63, 3.8) is 0 Å². The van der Waals surface area contributed by atoms with Gasteiger partial charge in [0.05, 0.1) is 17.4 Å². The highest BCUT2D eigenvalue weighted by atomic mass is 19.1. The minimum atomic E-state index is -0.677. The van der Waals surface area contributed by atoms with Crippen molar-refractivity contribution in [2.75, 3.05) is 0 Å². The van der Waals surface area contributed by atoms with Gasteiger partial charge >= 0.3 is 0 Å². The van der Waals surface area contributed by atoms with E-state index in [1.54, 1.807) is 23.0 Å². The van der Waals surface area contributed by atoms with Crippen LogP contribution in [-0.2, 0) is 0 Å². The lowest BCUT2D eigenvalue weighted by Crippen LogP contribution is -1.98. The summed E-state index contributed by atoms with van der Waals surface area (Å²) in [6, 6.07) is 16.2. The van der Waals surface area contributed by atoms with E-state index in [-0.39, 0.29) is 5.75 Å². The zero-order valence-electron chi connectivity index (χ0n) is 15.0. The molecule has 1 N–H and O–H groups in total. The Morgan fingerprint density at radius 2 is 1.82 bits per heavy atom. The number of aromatic nitrogens is 4. The van der Waals surface area contributed by atoms with Gasteiger partial charge in [-0.25, -0.2) is 13.9 Å². The molecule has 0 atom stereocenters. The number of fused-ring (bicyclic) bond motifs is 2. The first kappa shape index (κ1) is 16.4. The molecule has 3 heterocycles. The third-order valence-corrected chi connectivity index (χ3v) is 4.79. The molecule has 5 aromatic rings. The lowest BCUT2D eigenvalue weighted by Gasteiger charge is -2.07. The lowest BCUT2D eigenvalue weighted by molar-refractivity contribution is 0.432. The SMILES string of the molecule is Cc1cc(-c2cnc3ccccc3c2)nc2c(-c3ccc(O)c(F)c3)cnn12. The molecule has 0 aliphatic carbocycles. The van der Waals surface area contributed by atoms with E-state index in [2.05, 4.69) is 16.1 Å². The van der Waals surface area contributed by atoms with Crippen molar-refractivity contribution in [1.82, 2.24) is 19.6 Å². The summed E-state index contributed by atoms with van der Waals surface area (Å²) in [5.74, 6) is -1.06. The fraction of sp³-hybridized carbons (Fsp3) is 0.0455. The van der Waals surface area contributed by atoms with Crippen LogP contribution in [0.3, 0.4) is 0 Å². The molecular weight excluding hydrogens is 355 g/mol. The summed E-state index contributed by atoms with van der Waals surface area (Å²) in [5.41, 5.74) is 5.40. The Morgan fingerprint density at radius 3 is 2.68 bits per heavy atom. The van der Waals surface area contributed by atoms with Crippen molar-refractivity contribution >= 4 is 16.6 Å². The number of phenolic OH excluding ortho intramolecular Hbond substituents is 1. The topological polar surface area (TPSA) is 63.3 Å². The standard InChI is InChI=1S/C22H15FN4O/c1-13-8-20(16-9-15-4-2-3-5-19(15)24-11-16)26-22-17(12-25-27(13)22)14-6-7-21(28)18(23)10-14/h2-12,28H,1H3. The quantitative estimate of drug-likeness (QED) is 0.486. The van der Waals surface area contributed by atoms with E-state index in [1.807, 2.05) is 37.3 Å². The third kappa shape index (κ3) is 2.58. The number of nitrogens with zero attached hydrogens (tertiary/aromatic N) is 4. The highest BCUT2D eigenvalue weighted by molar-refractivity contribution is 5.84. The van der Waals surface area contributed by atoms with Crippen molar-refractivity contribution in [1.29, 1.82) is 0 Å². The summed E-state index contributed by atoms with van der Waals surface area (Å²) < 4.78 is 15.6. The lowest BCUT2D eigenvalue weighted by atomic mass is 10.1. The monoisotopic (exact) mass is 370 g/mol. The van der Waals surface area contributed by atoms with Gasteiger partial charge in [-0.2, -0.15) is 5.10 Å². The maximum absolute atomic E-state index is 13.8. The van der Waals surface area contributed by atoms with Crippen LogP contribution in [0.15, 0.2) is 67.0 Å². The second-order valence-electron chi connectivity index (χ2n) is 6.66. The second-order valence-corrected chi connectivity index (χ2v) is 6.66. The van der Waals surface area contributed by atoms with E-state index in [0.717, 1.165) is 27.9 Å². The largest absolute Gasteiger partial charge is 0.505 e. The number of hydrogen-bond donors (Lipinski definition) is 1. The Balaban J connectivity index is 1.71. The highest BCUT2D eigenvalue weighted by Crippen LogP contribution is 2.30. The molecule has 3 aromatic heterocycles. The summed E-state index contributed by atoms with van der Waals surface area (Å²) in [5, 5.41) is 14.9. The molecule has 0 bridgehead atoms. The van der Waals surface area contributed by atoms with E-state index in [0.29, 0.717) is 16.8 Å². The van der Waals surface area contributed by atoms with Crippen LogP contribution in [0.4, 0.5) is 4.39 Å². The van der Waals surface area contributed by atoms with Crippen LogP contribution in [0.25, 0.3) is 38.9 Å². The summed E-state index contributed by atoms with van der Waals surface area (Å²) >= 11 is 0. The summed E-state index contributed by atoms with van der Waals surface area (Å²) in [6.45, 7) is 1.95. The molecule has 0 amide bonds. The minimum Gasteiger partial charge on any atom is -0.505 e. The Labute approximate surface area is 159 Å². The van der Waals surface area contributed by atoms with Crippen LogP contribution in [0.5, 0.6) is 5.75 Å². The molecule has 6 heteroatoms. The van der Waals surface area contributed by atoms with Crippen LogP contribution in [0.1, 0.15) is 5.69 Å². The number of aryl methyl sites for hydroxylation is 1. The van der Waals surface area contributed by atoms with Crippen molar-refractivity contribution in [2.24, 2.45) is 0 Å². The van der Waals surface area contributed by atoms with Gasteiger partial charge in [0.1, 0.15) is 0 Å². The number of phenols is 1. The molecule has 0 saturated carbocycles. The molecule has 0 aliphatic rings. The average molecular weight is 370 g/mol. The Kier molecular flexibility index (Phi) is 3.58. The summed E-state index contributed by atoms with van der Waals surface area (Å²) in [6.07, 6.45) is 3.46. The molecule has 0 unspecified atom stereocenters. The van der Waals surface area contributed by atoms with Crippen LogP contribution in [0.2, 0.25) is 0 Å². The number of halogens is 1. The fourth-order valence-corrected chi connectivity index (χ4v) is 3.35. The summed E-state index contributed by atoms with van der Waals surface area (Å²) in [7, 11) is 0. The number of benzene rings is 2. The predicted octanol–water partition coefficient (Wildman–Crippen LogP) is 4.76. The average Bonchev–Trinajstić information content (AvgIpc) is 3.14. The molecule has 2 aromatic carbocycles. The van der Waals surface area contributed by atoms with E-state index >= 15 is 0 Å². The van der Waals surface area contributed by atoms with Gasteiger partial charge < -0.3 is 5.11 Å². The Morgan fingerprint density at radius 1 is 0.964 bits per heavy atom. The zero-order chi connectivity index (χ0) is 19.3. The van der Waals surface area contributed by atoms with Gasteiger partial charge in [-0.1, -0.05) is 24.3 Å². The van der Waals surface area contributed by atoms with Gasteiger partial charge in [0, 0.05) is 28.4 Å². The number of aromatic hydroxyl groups is 1. The summed E-state index contributed by atoms with van der Waals surface area (Å²) in [4.78, 5) is 9.29. The van der Waals surface area contributed by atoms with E-state index in [1.165, 1.54) is 12.1 Å². The molecule has 5 rings (SSSR count). The first-order valence-electron chi connectivity index (χ1n) is 8.79. The number of para-hydroxylation sites is 1. The number of rotatable bonds is 2. The van der Waals surface area contributed by atoms with Crippen molar-refractivity contribution < 1.29 is 9.50 Å².